The first-order valence-corrected chi connectivity index (χ1v) is 6.12. The minimum Gasteiger partial charge on any atom is -0.396 e. The molecule has 0 saturated heterocycles. The van der Waals surface area contributed by atoms with E-state index in [9.17, 15) is 0 Å². The summed E-state index contributed by atoms with van der Waals surface area (Å²) in [6.45, 7) is 2.58. The maximum atomic E-state index is 8.74. The minimum atomic E-state index is -4.67. The van der Waals surface area contributed by atoms with Crippen molar-refractivity contribution in [2.45, 2.75) is 45.4 Å². The number of aliphatic hydroxyl groups is 1. The van der Waals surface area contributed by atoms with E-state index in [1.807, 2.05) is 0 Å². The lowest BCUT2D eigenvalue weighted by Gasteiger charge is -1.95. The highest BCUT2D eigenvalue weighted by Crippen LogP contribution is 2.03. The van der Waals surface area contributed by atoms with E-state index in [0.717, 1.165) is 6.42 Å². The molecule has 0 rings (SSSR count). The molecule has 0 bridgehead atoms. The van der Waals surface area contributed by atoms with Gasteiger partial charge in [-0.15, -0.1) is 0 Å². The molecule has 0 fully saturated rings. The molecule has 0 spiro atoms. The van der Waals surface area contributed by atoms with Crippen LogP contribution in [0.3, 0.4) is 0 Å². The molecule has 0 aromatic carbocycles. The molecule has 0 unspecified atom stereocenters. The third-order valence-corrected chi connectivity index (χ3v) is 1.51. The van der Waals surface area contributed by atoms with Crippen LogP contribution in [0.5, 0.6) is 0 Å². The second-order valence-electron chi connectivity index (χ2n) is 2.94. The molecule has 0 atom stereocenters. The summed E-state index contributed by atoms with van der Waals surface area (Å²) in [4.78, 5) is 0. The lowest BCUT2D eigenvalue weighted by molar-refractivity contribution is 0.282. The Morgan fingerprint density at radius 2 is 1.29 bits per heavy atom. The van der Waals surface area contributed by atoms with Gasteiger partial charge in [-0.25, -0.2) is 0 Å². The van der Waals surface area contributed by atoms with E-state index in [0.29, 0.717) is 6.61 Å². The van der Waals surface area contributed by atoms with Crippen molar-refractivity contribution in [3.8, 4) is 0 Å². The fourth-order valence-corrected chi connectivity index (χ4v) is 0.892. The van der Waals surface area contributed by atoms with E-state index >= 15 is 0 Å². The molecule has 0 aliphatic heterocycles. The van der Waals surface area contributed by atoms with Crippen molar-refractivity contribution in [3.63, 3.8) is 0 Å². The zero-order valence-corrected chi connectivity index (χ0v) is 9.33. The van der Waals surface area contributed by atoms with Crippen molar-refractivity contribution in [1.29, 1.82) is 0 Å². The van der Waals surface area contributed by atoms with E-state index in [1.54, 1.807) is 0 Å². The summed E-state index contributed by atoms with van der Waals surface area (Å²) in [5, 5.41) is 8.42. The Morgan fingerprint density at radius 1 is 0.929 bits per heavy atom. The minimum absolute atomic E-state index is 0.367. The van der Waals surface area contributed by atoms with Gasteiger partial charge in [-0.2, -0.15) is 8.42 Å². The highest BCUT2D eigenvalue weighted by atomic mass is 32.3. The van der Waals surface area contributed by atoms with Crippen molar-refractivity contribution >= 4 is 10.4 Å². The van der Waals surface area contributed by atoms with Crippen molar-refractivity contribution in [2.75, 3.05) is 6.61 Å². The fourth-order valence-electron chi connectivity index (χ4n) is 0.892. The lowest BCUT2D eigenvalue weighted by Crippen LogP contribution is -1.89. The highest BCUT2D eigenvalue weighted by molar-refractivity contribution is 7.79. The molecular weight excluding hydrogens is 208 g/mol. The van der Waals surface area contributed by atoms with Crippen LogP contribution in [-0.2, 0) is 10.4 Å². The molecule has 0 aromatic rings. The molecule has 0 aromatic heterocycles. The van der Waals surface area contributed by atoms with Gasteiger partial charge in [0, 0.05) is 6.61 Å². The molecule has 14 heavy (non-hydrogen) atoms. The zero-order valence-electron chi connectivity index (χ0n) is 8.52. The predicted molar refractivity (Wildman–Crippen MR) is 54.6 cm³/mol. The summed E-state index contributed by atoms with van der Waals surface area (Å²) in [6, 6.07) is 0. The average molecular weight is 228 g/mol. The molecular formula is C8H20O5S. The Labute approximate surface area is 85.7 Å². The molecule has 0 amide bonds. The fraction of sp³-hybridized carbons (Fsp3) is 1.00. The van der Waals surface area contributed by atoms with Crippen LogP contribution in [0.4, 0.5) is 0 Å². The second-order valence-corrected chi connectivity index (χ2v) is 3.83. The molecule has 5 nitrogen and oxygen atoms in total. The summed E-state index contributed by atoms with van der Waals surface area (Å²) in [6.07, 6.45) is 7.50. The summed E-state index contributed by atoms with van der Waals surface area (Å²) in [5.74, 6) is 0. The number of unbranched alkanes of at least 4 members (excludes halogenated alkanes) is 5. The van der Waals surface area contributed by atoms with Gasteiger partial charge in [0.1, 0.15) is 0 Å². The Bertz CT molecular complexity index is 174. The molecule has 0 heterocycles. The van der Waals surface area contributed by atoms with Crippen LogP contribution in [0.1, 0.15) is 45.4 Å². The number of aliphatic hydroxyl groups excluding tert-OH is 1. The van der Waals surface area contributed by atoms with E-state index in [-0.39, 0.29) is 0 Å². The van der Waals surface area contributed by atoms with Crippen LogP contribution >= 0.6 is 0 Å². The van der Waals surface area contributed by atoms with Crippen LogP contribution in [0.2, 0.25) is 0 Å². The van der Waals surface area contributed by atoms with E-state index in [4.69, 9.17) is 22.6 Å². The van der Waals surface area contributed by atoms with Gasteiger partial charge < -0.3 is 5.11 Å². The second kappa shape index (κ2) is 10.9. The van der Waals surface area contributed by atoms with Crippen molar-refractivity contribution in [3.05, 3.63) is 0 Å². The number of hydrogen-bond acceptors (Lipinski definition) is 3. The predicted octanol–water partition coefficient (Wildman–Crippen LogP) is 1.69. The van der Waals surface area contributed by atoms with Crippen molar-refractivity contribution in [1.82, 2.24) is 0 Å². The first kappa shape index (κ1) is 16.3. The quantitative estimate of drug-likeness (QED) is 0.475. The maximum Gasteiger partial charge on any atom is 0.394 e. The standard InChI is InChI=1S/C8H18O.H2O4S/c1-2-3-4-5-6-7-8-9;1-5(2,3)4/h9H,2-8H2,1H3;(H2,1,2,3,4). The summed E-state index contributed by atoms with van der Waals surface area (Å²) in [5.41, 5.74) is 0. The van der Waals surface area contributed by atoms with Gasteiger partial charge >= 0.3 is 10.4 Å². The first-order chi connectivity index (χ1) is 6.41. The van der Waals surface area contributed by atoms with Crippen LogP contribution in [0, 0.1) is 0 Å². The van der Waals surface area contributed by atoms with Gasteiger partial charge in [0.15, 0.2) is 0 Å². The molecule has 0 radical (unpaired) electrons. The van der Waals surface area contributed by atoms with Gasteiger partial charge in [0.25, 0.3) is 0 Å². The van der Waals surface area contributed by atoms with Crippen molar-refractivity contribution < 1.29 is 22.6 Å². The lowest BCUT2D eigenvalue weighted by atomic mass is 10.1. The van der Waals surface area contributed by atoms with E-state index in [1.165, 1.54) is 32.1 Å². The smallest absolute Gasteiger partial charge is 0.394 e. The first-order valence-electron chi connectivity index (χ1n) is 4.72. The average Bonchev–Trinajstić information content (AvgIpc) is 2.01. The molecule has 0 aliphatic rings. The van der Waals surface area contributed by atoms with Gasteiger partial charge in [0.2, 0.25) is 0 Å². The molecule has 6 heteroatoms. The third kappa shape index (κ3) is 40.8. The molecule has 0 aliphatic carbocycles. The van der Waals surface area contributed by atoms with Crippen molar-refractivity contribution in [2.24, 2.45) is 0 Å². The topological polar surface area (TPSA) is 94.8 Å². The van der Waals surface area contributed by atoms with Crippen LogP contribution in [0.15, 0.2) is 0 Å². The monoisotopic (exact) mass is 228 g/mol. The summed E-state index contributed by atoms with van der Waals surface area (Å²) in [7, 11) is -4.67. The Hall–Kier alpha value is -0.170. The highest BCUT2D eigenvalue weighted by Gasteiger charge is 1.86. The summed E-state index contributed by atoms with van der Waals surface area (Å²) < 4.78 is 31.6. The van der Waals surface area contributed by atoms with Gasteiger partial charge in [-0.3, -0.25) is 9.11 Å². The SMILES string of the molecule is CCCCCCCCO.O=S(=O)(O)O. The largest absolute Gasteiger partial charge is 0.396 e. The van der Waals surface area contributed by atoms with Gasteiger partial charge in [-0.05, 0) is 6.42 Å². The Morgan fingerprint density at radius 3 is 1.64 bits per heavy atom. The number of rotatable bonds is 6. The zero-order chi connectivity index (χ0) is 11.4. The molecule has 0 saturated carbocycles. The Balaban J connectivity index is 0. The van der Waals surface area contributed by atoms with Gasteiger partial charge in [-0.1, -0.05) is 39.0 Å². The van der Waals surface area contributed by atoms with Gasteiger partial charge in [0.05, 0.1) is 0 Å². The summed E-state index contributed by atoms with van der Waals surface area (Å²) >= 11 is 0. The number of hydrogen-bond donors (Lipinski definition) is 3. The molecule has 88 valence electrons. The Kier molecular flexibility index (Phi) is 12.7. The normalized spacial score (nSPS) is 10.6. The van der Waals surface area contributed by atoms with E-state index < -0.39 is 10.4 Å². The maximum absolute atomic E-state index is 8.74. The molecule has 3 N–H and O–H groups in total. The van der Waals surface area contributed by atoms with Crippen LogP contribution in [-0.4, -0.2) is 29.2 Å². The van der Waals surface area contributed by atoms with E-state index in [2.05, 4.69) is 6.92 Å². The third-order valence-electron chi connectivity index (χ3n) is 1.51. The van der Waals surface area contributed by atoms with Crippen LogP contribution in [0.25, 0.3) is 0 Å². The van der Waals surface area contributed by atoms with Crippen LogP contribution < -0.4 is 0 Å².